The van der Waals surface area contributed by atoms with E-state index in [0.29, 0.717) is 11.7 Å². The van der Waals surface area contributed by atoms with Crippen LogP contribution >= 0.6 is 0 Å². The van der Waals surface area contributed by atoms with E-state index >= 15 is 0 Å². The molecule has 0 bridgehead atoms. The molecule has 3 heteroatoms. The van der Waals surface area contributed by atoms with Gasteiger partial charge >= 0.3 is 0 Å². The van der Waals surface area contributed by atoms with Gasteiger partial charge in [-0.25, -0.2) is 5.90 Å². The molecule has 0 aliphatic heterocycles. The van der Waals surface area contributed by atoms with Gasteiger partial charge in [-0.1, -0.05) is 39.8 Å². The molecule has 0 aliphatic carbocycles. The second-order valence-electron chi connectivity index (χ2n) is 4.69. The van der Waals surface area contributed by atoms with Gasteiger partial charge in [0, 0.05) is 5.56 Å². The minimum Gasteiger partial charge on any atom is -0.507 e. The molecule has 0 spiro atoms. The summed E-state index contributed by atoms with van der Waals surface area (Å²) in [6.07, 6.45) is 0. The number of benzene rings is 1. The summed E-state index contributed by atoms with van der Waals surface area (Å²) in [4.78, 5) is 4.67. The molecule has 0 fully saturated rings. The van der Waals surface area contributed by atoms with Crippen LogP contribution in [0, 0.1) is 0 Å². The highest BCUT2D eigenvalue weighted by Gasteiger charge is 2.16. The van der Waals surface area contributed by atoms with Crippen LogP contribution in [0.4, 0.5) is 0 Å². The van der Waals surface area contributed by atoms with Gasteiger partial charge in [-0.2, -0.15) is 0 Å². The lowest BCUT2D eigenvalue weighted by Crippen LogP contribution is -2.05. The van der Waals surface area contributed by atoms with Crippen molar-refractivity contribution in [2.24, 2.45) is 5.90 Å². The summed E-state index contributed by atoms with van der Waals surface area (Å²) in [5.74, 6) is 6.07. The van der Waals surface area contributed by atoms with Crippen LogP contribution in [0.5, 0.6) is 5.75 Å². The quantitative estimate of drug-likeness (QED) is 0.771. The van der Waals surface area contributed by atoms with Gasteiger partial charge in [-0.15, -0.1) is 0 Å². The van der Waals surface area contributed by atoms with Crippen LogP contribution in [-0.2, 0) is 11.4 Å². The summed E-state index contributed by atoms with van der Waals surface area (Å²) in [7, 11) is 0. The fraction of sp³-hybridized carbons (Fsp3) is 0.538. The van der Waals surface area contributed by atoms with E-state index in [1.54, 1.807) is 0 Å². The third kappa shape index (κ3) is 2.54. The van der Waals surface area contributed by atoms with Crippen LogP contribution in [-0.4, -0.2) is 5.11 Å². The van der Waals surface area contributed by atoms with E-state index in [-0.39, 0.29) is 12.5 Å². The zero-order valence-electron chi connectivity index (χ0n) is 10.4. The Morgan fingerprint density at radius 1 is 1.12 bits per heavy atom. The van der Waals surface area contributed by atoms with Crippen LogP contribution in [0.25, 0.3) is 0 Å². The van der Waals surface area contributed by atoms with Crippen LogP contribution in [0.3, 0.4) is 0 Å². The zero-order valence-corrected chi connectivity index (χ0v) is 10.4. The van der Waals surface area contributed by atoms with Crippen molar-refractivity contribution in [1.82, 2.24) is 0 Å². The number of phenols is 1. The van der Waals surface area contributed by atoms with Gasteiger partial charge < -0.3 is 5.11 Å². The van der Waals surface area contributed by atoms with Gasteiger partial charge in [-0.3, -0.25) is 4.84 Å². The van der Waals surface area contributed by atoms with Crippen molar-refractivity contribution in [3.05, 3.63) is 28.8 Å². The Bertz CT molecular complexity index is 359. The summed E-state index contributed by atoms with van der Waals surface area (Å²) in [6, 6.07) is 4.03. The molecule has 3 N–H and O–H groups in total. The van der Waals surface area contributed by atoms with Gasteiger partial charge in [0.2, 0.25) is 0 Å². The second-order valence-corrected chi connectivity index (χ2v) is 4.69. The Morgan fingerprint density at radius 2 is 1.62 bits per heavy atom. The smallest absolute Gasteiger partial charge is 0.124 e. The maximum atomic E-state index is 10.2. The Kier molecular flexibility index (Phi) is 4.33. The topological polar surface area (TPSA) is 55.5 Å². The number of nitrogens with two attached hydrogens (primary N) is 1. The summed E-state index contributed by atoms with van der Waals surface area (Å²) in [5.41, 5.74) is 2.84. The lowest BCUT2D eigenvalue weighted by atomic mass is 9.91. The second kappa shape index (κ2) is 5.32. The van der Waals surface area contributed by atoms with E-state index in [1.165, 1.54) is 0 Å². The highest BCUT2D eigenvalue weighted by atomic mass is 16.6. The molecular formula is C13H21NO2. The minimum atomic E-state index is 0.250. The summed E-state index contributed by atoms with van der Waals surface area (Å²) in [6.45, 7) is 8.53. The van der Waals surface area contributed by atoms with Crippen molar-refractivity contribution in [1.29, 1.82) is 0 Å². The molecular weight excluding hydrogens is 202 g/mol. The lowest BCUT2D eigenvalue weighted by Gasteiger charge is -2.18. The molecule has 1 rings (SSSR count). The average Bonchev–Trinajstić information content (AvgIpc) is 2.20. The molecule has 0 atom stereocenters. The first-order valence-electron chi connectivity index (χ1n) is 5.65. The first-order valence-corrected chi connectivity index (χ1v) is 5.65. The molecule has 0 saturated carbocycles. The molecule has 0 aromatic heterocycles. The number of hydrogen-bond acceptors (Lipinski definition) is 3. The average molecular weight is 223 g/mol. The standard InChI is InChI=1S/C13H21NO2/c1-8(2)10-5-6-11(9(3)4)13(15)12(10)7-16-14/h5-6,8-9,15H,7,14H2,1-4H3. The largest absolute Gasteiger partial charge is 0.507 e. The predicted octanol–water partition coefficient (Wildman–Crippen LogP) is 3.03. The van der Waals surface area contributed by atoms with Gasteiger partial charge in [0.15, 0.2) is 0 Å². The third-order valence-electron chi connectivity index (χ3n) is 2.82. The third-order valence-corrected chi connectivity index (χ3v) is 2.82. The Morgan fingerprint density at radius 3 is 2.06 bits per heavy atom. The van der Waals surface area contributed by atoms with Gasteiger partial charge in [0.05, 0.1) is 6.61 Å². The highest BCUT2D eigenvalue weighted by molar-refractivity contribution is 5.47. The van der Waals surface area contributed by atoms with Crippen molar-refractivity contribution in [2.75, 3.05) is 0 Å². The van der Waals surface area contributed by atoms with Crippen molar-refractivity contribution in [2.45, 2.75) is 46.1 Å². The molecule has 0 saturated heterocycles. The number of aromatic hydroxyl groups is 1. The first kappa shape index (κ1) is 13.0. The Labute approximate surface area is 97.2 Å². The molecule has 16 heavy (non-hydrogen) atoms. The molecule has 0 amide bonds. The fourth-order valence-electron chi connectivity index (χ4n) is 1.91. The molecule has 0 radical (unpaired) electrons. The van der Waals surface area contributed by atoms with E-state index in [9.17, 15) is 5.11 Å². The molecule has 1 aromatic carbocycles. The van der Waals surface area contributed by atoms with Gasteiger partial charge in [0.25, 0.3) is 0 Å². The normalized spacial score (nSPS) is 11.4. The monoisotopic (exact) mass is 223 g/mol. The van der Waals surface area contributed by atoms with Crippen LogP contribution in [0.15, 0.2) is 12.1 Å². The number of rotatable bonds is 4. The summed E-state index contributed by atoms with van der Waals surface area (Å²) < 4.78 is 0. The SMILES string of the molecule is CC(C)c1ccc(C(C)C)c(CON)c1O. The van der Waals surface area contributed by atoms with E-state index in [1.807, 2.05) is 12.1 Å². The summed E-state index contributed by atoms with van der Waals surface area (Å²) >= 11 is 0. The zero-order chi connectivity index (χ0) is 12.3. The minimum absolute atomic E-state index is 0.250. The number of phenolic OH excluding ortho intramolecular Hbond substituents is 1. The molecule has 90 valence electrons. The molecule has 0 heterocycles. The number of hydrogen-bond donors (Lipinski definition) is 2. The van der Waals surface area contributed by atoms with Crippen molar-refractivity contribution >= 4 is 0 Å². The molecule has 1 aromatic rings. The summed E-state index contributed by atoms with van der Waals surface area (Å²) in [5, 5.41) is 10.2. The van der Waals surface area contributed by atoms with Crippen molar-refractivity contribution in [3.8, 4) is 5.75 Å². The Balaban J connectivity index is 3.29. The maximum absolute atomic E-state index is 10.2. The molecule has 0 unspecified atom stereocenters. The van der Waals surface area contributed by atoms with Crippen molar-refractivity contribution < 1.29 is 9.94 Å². The fourth-order valence-corrected chi connectivity index (χ4v) is 1.91. The van der Waals surface area contributed by atoms with Crippen molar-refractivity contribution in [3.63, 3.8) is 0 Å². The first-order chi connectivity index (χ1) is 7.49. The van der Waals surface area contributed by atoms with Crippen LogP contribution < -0.4 is 5.90 Å². The Hall–Kier alpha value is -1.06. The molecule has 3 nitrogen and oxygen atoms in total. The molecule has 0 aliphatic rings. The highest BCUT2D eigenvalue weighted by Crippen LogP contribution is 2.34. The van der Waals surface area contributed by atoms with E-state index in [2.05, 4.69) is 32.5 Å². The van der Waals surface area contributed by atoms with Gasteiger partial charge in [-0.05, 0) is 23.0 Å². The van der Waals surface area contributed by atoms with Gasteiger partial charge in [0.1, 0.15) is 5.75 Å². The van der Waals surface area contributed by atoms with Crippen LogP contribution in [0.2, 0.25) is 0 Å². The maximum Gasteiger partial charge on any atom is 0.124 e. The van der Waals surface area contributed by atoms with E-state index in [4.69, 9.17) is 5.90 Å². The van der Waals surface area contributed by atoms with Crippen LogP contribution in [0.1, 0.15) is 56.2 Å². The predicted molar refractivity (Wildman–Crippen MR) is 65.3 cm³/mol. The lowest BCUT2D eigenvalue weighted by molar-refractivity contribution is 0.121. The van der Waals surface area contributed by atoms with E-state index < -0.39 is 0 Å². The van der Waals surface area contributed by atoms with E-state index in [0.717, 1.165) is 16.7 Å².